The molecule has 1 rings (SSSR count). The molecule has 0 bridgehead atoms. The summed E-state index contributed by atoms with van der Waals surface area (Å²) in [5.41, 5.74) is 6.21. The van der Waals surface area contributed by atoms with Crippen molar-refractivity contribution in [2.75, 3.05) is 12.3 Å². The first-order valence-electron chi connectivity index (χ1n) is 6.52. The molecule has 0 saturated carbocycles. The molecule has 0 aliphatic rings. The third-order valence-electron chi connectivity index (χ3n) is 3.12. The van der Waals surface area contributed by atoms with E-state index < -0.39 is 5.97 Å². The standard InChI is InChI=1S/C14H21N3O3/c1-14(2,6-5-12(18)19)7-8-16-13(20)11-4-3-10(15)9-17-11/h3-4,9H,5-8,15H2,1-2H3,(H,16,20)(H,18,19). The average molecular weight is 279 g/mol. The molecule has 0 aliphatic heterocycles. The van der Waals surface area contributed by atoms with Crippen molar-refractivity contribution >= 4 is 17.6 Å². The summed E-state index contributed by atoms with van der Waals surface area (Å²) in [7, 11) is 0. The Bertz CT molecular complexity index is 469. The number of rotatable bonds is 7. The number of carboxylic acid groups (broad SMARTS) is 1. The second kappa shape index (κ2) is 6.88. The van der Waals surface area contributed by atoms with E-state index in [1.165, 1.54) is 6.20 Å². The van der Waals surface area contributed by atoms with Gasteiger partial charge in [-0.15, -0.1) is 0 Å². The van der Waals surface area contributed by atoms with Crippen LogP contribution in [-0.4, -0.2) is 28.5 Å². The summed E-state index contributed by atoms with van der Waals surface area (Å²) in [6, 6.07) is 3.19. The number of carbonyl (C=O) groups is 2. The fourth-order valence-electron chi connectivity index (χ4n) is 1.71. The Labute approximate surface area is 118 Å². The van der Waals surface area contributed by atoms with Crippen molar-refractivity contribution in [3.8, 4) is 0 Å². The second-order valence-electron chi connectivity index (χ2n) is 5.54. The van der Waals surface area contributed by atoms with Gasteiger partial charge >= 0.3 is 5.97 Å². The molecule has 1 aromatic rings. The highest BCUT2D eigenvalue weighted by molar-refractivity contribution is 5.92. The number of nitrogens with two attached hydrogens (primary N) is 1. The number of hydrogen-bond donors (Lipinski definition) is 3. The van der Waals surface area contributed by atoms with Crippen molar-refractivity contribution in [1.29, 1.82) is 0 Å². The molecule has 0 fully saturated rings. The molecule has 0 unspecified atom stereocenters. The minimum atomic E-state index is -0.798. The predicted octanol–water partition coefficient (Wildman–Crippen LogP) is 1.67. The lowest BCUT2D eigenvalue weighted by Crippen LogP contribution is -2.29. The lowest BCUT2D eigenvalue weighted by atomic mass is 9.84. The van der Waals surface area contributed by atoms with E-state index in [0.717, 1.165) is 0 Å². The number of carbonyl (C=O) groups excluding carboxylic acids is 1. The molecule has 1 aromatic heterocycles. The van der Waals surface area contributed by atoms with Crippen LogP contribution in [0.5, 0.6) is 0 Å². The monoisotopic (exact) mass is 279 g/mol. The highest BCUT2D eigenvalue weighted by atomic mass is 16.4. The number of nitrogen functional groups attached to an aromatic ring is 1. The van der Waals surface area contributed by atoms with Crippen molar-refractivity contribution in [1.82, 2.24) is 10.3 Å². The number of carboxylic acids is 1. The van der Waals surface area contributed by atoms with Gasteiger partial charge in [-0.3, -0.25) is 9.59 Å². The van der Waals surface area contributed by atoms with Gasteiger partial charge in [0.2, 0.25) is 0 Å². The highest BCUT2D eigenvalue weighted by Crippen LogP contribution is 2.25. The molecule has 1 amide bonds. The van der Waals surface area contributed by atoms with Crippen LogP contribution in [0.25, 0.3) is 0 Å². The summed E-state index contributed by atoms with van der Waals surface area (Å²) in [5.74, 6) is -1.05. The number of hydrogen-bond acceptors (Lipinski definition) is 4. The van der Waals surface area contributed by atoms with Crippen molar-refractivity contribution in [2.45, 2.75) is 33.1 Å². The first-order chi connectivity index (χ1) is 9.30. The second-order valence-corrected chi connectivity index (χ2v) is 5.54. The molecule has 0 atom stereocenters. The van der Waals surface area contributed by atoms with E-state index >= 15 is 0 Å². The summed E-state index contributed by atoms with van der Waals surface area (Å²) in [6.07, 6.45) is 2.87. The number of nitrogens with one attached hydrogen (secondary N) is 1. The maximum atomic E-state index is 11.8. The summed E-state index contributed by atoms with van der Waals surface area (Å²) < 4.78 is 0. The van der Waals surface area contributed by atoms with Crippen LogP contribution >= 0.6 is 0 Å². The molecule has 0 radical (unpaired) electrons. The van der Waals surface area contributed by atoms with Crippen molar-refractivity contribution in [3.63, 3.8) is 0 Å². The molecular formula is C14H21N3O3. The maximum Gasteiger partial charge on any atom is 0.303 e. The van der Waals surface area contributed by atoms with Gasteiger partial charge in [0.15, 0.2) is 0 Å². The lowest BCUT2D eigenvalue weighted by Gasteiger charge is -2.23. The van der Waals surface area contributed by atoms with Gasteiger partial charge in [-0.05, 0) is 30.4 Å². The molecule has 0 spiro atoms. The molecule has 0 aliphatic carbocycles. The van der Waals surface area contributed by atoms with Gasteiger partial charge in [0.1, 0.15) is 5.69 Å². The molecular weight excluding hydrogens is 258 g/mol. The van der Waals surface area contributed by atoms with Crippen LogP contribution in [0.4, 0.5) is 5.69 Å². The largest absolute Gasteiger partial charge is 0.481 e. The van der Waals surface area contributed by atoms with Crippen LogP contribution < -0.4 is 11.1 Å². The highest BCUT2D eigenvalue weighted by Gasteiger charge is 2.19. The Morgan fingerprint density at radius 2 is 2.05 bits per heavy atom. The number of pyridine rings is 1. The summed E-state index contributed by atoms with van der Waals surface area (Å²) >= 11 is 0. The Morgan fingerprint density at radius 1 is 1.35 bits per heavy atom. The van der Waals surface area contributed by atoms with E-state index in [9.17, 15) is 9.59 Å². The first-order valence-corrected chi connectivity index (χ1v) is 6.52. The van der Waals surface area contributed by atoms with Crippen LogP contribution in [0.3, 0.4) is 0 Å². The Hall–Kier alpha value is -2.11. The van der Waals surface area contributed by atoms with E-state index in [1.54, 1.807) is 12.1 Å². The third kappa shape index (κ3) is 5.69. The van der Waals surface area contributed by atoms with Crippen LogP contribution in [0.1, 0.15) is 43.6 Å². The fraction of sp³-hybridized carbons (Fsp3) is 0.500. The van der Waals surface area contributed by atoms with Gasteiger partial charge in [-0.2, -0.15) is 0 Å². The molecule has 6 nitrogen and oxygen atoms in total. The van der Waals surface area contributed by atoms with E-state index in [1.807, 2.05) is 13.8 Å². The van der Waals surface area contributed by atoms with E-state index in [0.29, 0.717) is 30.8 Å². The third-order valence-corrected chi connectivity index (χ3v) is 3.12. The van der Waals surface area contributed by atoms with Gasteiger partial charge in [0.25, 0.3) is 5.91 Å². The van der Waals surface area contributed by atoms with Crippen molar-refractivity contribution < 1.29 is 14.7 Å². The summed E-state index contributed by atoms with van der Waals surface area (Å²) in [6.45, 7) is 4.46. The minimum absolute atomic E-state index is 0.125. The Kier molecular flexibility index (Phi) is 5.49. The van der Waals surface area contributed by atoms with E-state index in [-0.39, 0.29) is 17.7 Å². The van der Waals surface area contributed by atoms with Crippen LogP contribution in [0.2, 0.25) is 0 Å². The maximum absolute atomic E-state index is 11.8. The Balaban J connectivity index is 2.38. The number of nitrogens with zero attached hydrogens (tertiary/aromatic N) is 1. The van der Waals surface area contributed by atoms with Gasteiger partial charge in [0, 0.05) is 13.0 Å². The molecule has 4 N–H and O–H groups in total. The zero-order valence-corrected chi connectivity index (χ0v) is 11.8. The van der Waals surface area contributed by atoms with Crippen LogP contribution in [-0.2, 0) is 4.79 Å². The molecule has 0 saturated heterocycles. The lowest BCUT2D eigenvalue weighted by molar-refractivity contribution is -0.137. The quantitative estimate of drug-likeness (QED) is 0.704. The van der Waals surface area contributed by atoms with Crippen molar-refractivity contribution in [3.05, 3.63) is 24.0 Å². The van der Waals surface area contributed by atoms with Gasteiger partial charge < -0.3 is 16.2 Å². The molecule has 1 heterocycles. The van der Waals surface area contributed by atoms with Crippen LogP contribution in [0.15, 0.2) is 18.3 Å². The van der Waals surface area contributed by atoms with Crippen molar-refractivity contribution in [2.24, 2.45) is 5.41 Å². The van der Waals surface area contributed by atoms with E-state index in [4.69, 9.17) is 10.8 Å². The zero-order chi connectivity index (χ0) is 15.2. The topological polar surface area (TPSA) is 105 Å². The van der Waals surface area contributed by atoms with E-state index in [2.05, 4.69) is 10.3 Å². The number of anilines is 1. The Morgan fingerprint density at radius 3 is 2.60 bits per heavy atom. The minimum Gasteiger partial charge on any atom is -0.481 e. The van der Waals surface area contributed by atoms with Gasteiger partial charge in [-0.25, -0.2) is 4.98 Å². The first kappa shape index (κ1) is 15.9. The van der Waals surface area contributed by atoms with Gasteiger partial charge in [0.05, 0.1) is 11.9 Å². The SMILES string of the molecule is CC(C)(CCNC(=O)c1ccc(N)cn1)CCC(=O)O. The smallest absolute Gasteiger partial charge is 0.303 e. The molecule has 6 heteroatoms. The average Bonchev–Trinajstić information content (AvgIpc) is 2.37. The summed E-state index contributed by atoms with van der Waals surface area (Å²) in [4.78, 5) is 26.3. The molecule has 20 heavy (non-hydrogen) atoms. The normalized spacial score (nSPS) is 11.1. The molecule has 0 aromatic carbocycles. The zero-order valence-electron chi connectivity index (χ0n) is 11.8. The number of aromatic nitrogens is 1. The number of amides is 1. The van der Waals surface area contributed by atoms with Gasteiger partial charge in [-0.1, -0.05) is 13.8 Å². The summed E-state index contributed by atoms with van der Waals surface area (Å²) in [5, 5.41) is 11.4. The number of aliphatic carboxylic acids is 1. The molecule has 110 valence electrons. The predicted molar refractivity (Wildman–Crippen MR) is 76.3 cm³/mol. The van der Waals surface area contributed by atoms with Crippen LogP contribution in [0, 0.1) is 5.41 Å². The fourth-order valence-corrected chi connectivity index (χ4v) is 1.71.